The third kappa shape index (κ3) is 5.28. The first-order valence-corrected chi connectivity index (χ1v) is 9.42. The number of hydrogen-bond acceptors (Lipinski definition) is 7. The van der Waals surface area contributed by atoms with Crippen molar-refractivity contribution in [3.63, 3.8) is 0 Å². The lowest BCUT2D eigenvalue weighted by Crippen LogP contribution is -2.06. The zero-order chi connectivity index (χ0) is 20.6. The average Bonchev–Trinajstić information content (AvgIpc) is 2.73. The maximum atomic E-state index is 5.67. The molecule has 0 aliphatic heterocycles. The van der Waals surface area contributed by atoms with Crippen LogP contribution in [0.2, 0.25) is 0 Å². The number of methoxy groups -OCH3 is 2. The molecule has 7 heteroatoms. The number of hydrogen-bond donors (Lipinski definition) is 2. The first-order valence-electron chi connectivity index (χ1n) is 9.42. The van der Waals surface area contributed by atoms with Gasteiger partial charge in [0.05, 0.1) is 26.5 Å². The molecule has 2 N–H and O–H groups in total. The van der Waals surface area contributed by atoms with Gasteiger partial charge in [-0.05, 0) is 43.7 Å². The summed E-state index contributed by atoms with van der Waals surface area (Å²) < 4.78 is 16.3. The summed E-state index contributed by atoms with van der Waals surface area (Å²) >= 11 is 0. The van der Waals surface area contributed by atoms with Gasteiger partial charge in [0.25, 0.3) is 0 Å². The van der Waals surface area contributed by atoms with Crippen molar-refractivity contribution in [2.45, 2.75) is 20.4 Å². The lowest BCUT2D eigenvalue weighted by Gasteiger charge is -2.14. The first-order chi connectivity index (χ1) is 14.1. The molecular weight excluding hydrogens is 368 g/mol. The highest BCUT2D eigenvalue weighted by Gasteiger charge is 2.08. The topological polar surface area (TPSA) is 77.5 Å². The summed E-state index contributed by atoms with van der Waals surface area (Å²) in [6.45, 7) is 5.01. The van der Waals surface area contributed by atoms with Crippen molar-refractivity contribution in [3.05, 3.63) is 59.9 Å². The molecule has 3 aromatic rings. The summed E-state index contributed by atoms with van der Waals surface area (Å²) in [4.78, 5) is 8.96. The molecule has 1 aromatic heterocycles. The quantitative estimate of drug-likeness (QED) is 0.551. The van der Waals surface area contributed by atoms with Crippen LogP contribution in [0.25, 0.3) is 0 Å². The highest BCUT2D eigenvalue weighted by Crippen LogP contribution is 2.29. The molecule has 29 heavy (non-hydrogen) atoms. The molecule has 0 atom stereocenters. The molecule has 152 valence electrons. The van der Waals surface area contributed by atoms with Crippen LogP contribution in [0.4, 0.5) is 17.3 Å². The highest BCUT2D eigenvalue weighted by atomic mass is 16.5. The second-order valence-electron chi connectivity index (χ2n) is 6.28. The minimum absolute atomic E-state index is 0.589. The van der Waals surface area contributed by atoms with Crippen molar-refractivity contribution in [2.75, 3.05) is 31.5 Å². The van der Waals surface area contributed by atoms with E-state index in [0.29, 0.717) is 36.3 Å². The number of para-hydroxylation sites is 2. The Morgan fingerprint density at radius 3 is 2.38 bits per heavy atom. The Labute approximate surface area is 171 Å². The maximum absolute atomic E-state index is 5.67. The number of nitrogens with zero attached hydrogens (tertiary/aromatic N) is 2. The lowest BCUT2D eigenvalue weighted by molar-refractivity contribution is 0.342. The van der Waals surface area contributed by atoms with Crippen molar-refractivity contribution in [3.8, 4) is 17.2 Å². The molecule has 1 heterocycles. The lowest BCUT2D eigenvalue weighted by atomic mass is 10.2. The van der Waals surface area contributed by atoms with Gasteiger partial charge >= 0.3 is 0 Å². The fourth-order valence-electron chi connectivity index (χ4n) is 2.89. The number of aryl methyl sites for hydroxylation is 1. The summed E-state index contributed by atoms with van der Waals surface area (Å²) in [5, 5.41) is 6.66. The van der Waals surface area contributed by atoms with E-state index in [-0.39, 0.29) is 0 Å². The maximum Gasteiger partial charge on any atom is 0.161 e. The van der Waals surface area contributed by atoms with E-state index in [1.54, 1.807) is 14.2 Å². The van der Waals surface area contributed by atoms with Crippen LogP contribution in [0.15, 0.2) is 48.5 Å². The van der Waals surface area contributed by atoms with Crippen LogP contribution in [-0.4, -0.2) is 30.8 Å². The Hall–Kier alpha value is -3.48. The summed E-state index contributed by atoms with van der Waals surface area (Å²) in [6, 6.07) is 15.5. The Morgan fingerprint density at radius 1 is 0.862 bits per heavy atom. The molecule has 0 unspecified atom stereocenters. The van der Waals surface area contributed by atoms with Gasteiger partial charge in [-0.15, -0.1) is 0 Å². The second-order valence-corrected chi connectivity index (χ2v) is 6.28. The van der Waals surface area contributed by atoms with Crippen molar-refractivity contribution in [2.24, 2.45) is 0 Å². The van der Waals surface area contributed by atoms with Crippen molar-refractivity contribution >= 4 is 17.3 Å². The Bertz CT molecular complexity index is 963. The normalized spacial score (nSPS) is 10.3. The van der Waals surface area contributed by atoms with Crippen LogP contribution >= 0.6 is 0 Å². The molecule has 7 nitrogen and oxygen atoms in total. The smallest absolute Gasteiger partial charge is 0.161 e. The van der Waals surface area contributed by atoms with E-state index in [9.17, 15) is 0 Å². The van der Waals surface area contributed by atoms with Gasteiger partial charge in [0, 0.05) is 12.6 Å². The summed E-state index contributed by atoms with van der Waals surface area (Å²) in [7, 11) is 3.25. The van der Waals surface area contributed by atoms with Crippen LogP contribution < -0.4 is 24.8 Å². The van der Waals surface area contributed by atoms with E-state index < -0.39 is 0 Å². The summed E-state index contributed by atoms with van der Waals surface area (Å²) in [5.41, 5.74) is 1.91. The molecule has 0 amide bonds. The van der Waals surface area contributed by atoms with Gasteiger partial charge in [-0.1, -0.05) is 18.2 Å². The molecule has 3 rings (SSSR count). The molecule has 0 aliphatic rings. The zero-order valence-electron chi connectivity index (χ0n) is 17.2. The number of rotatable bonds is 9. The van der Waals surface area contributed by atoms with Gasteiger partial charge in [0.15, 0.2) is 11.5 Å². The number of benzene rings is 2. The Kier molecular flexibility index (Phi) is 6.73. The van der Waals surface area contributed by atoms with Crippen LogP contribution in [0, 0.1) is 6.92 Å². The van der Waals surface area contributed by atoms with Crippen LogP contribution in [0.5, 0.6) is 17.2 Å². The van der Waals surface area contributed by atoms with E-state index >= 15 is 0 Å². The molecular formula is C22H26N4O3. The van der Waals surface area contributed by atoms with Crippen LogP contribution in [-0.2, 0) is 6.54 Å². The van der Waals surface area contributed by atoms with Gasteiger partial charge < -0.3 is 24.8 Å². The molecule has 0 bridgehead atoms. The highest BCUT2D eigenvalue weighted by molar-refractivity contribution is 5.65. The molecule has 0 saturated carbocycles. The van der Waals surface area contributed by atoms with Gasteiger partial charge in [0.1, 0.15) is 23.2 Å². The average molecular weight is 394 g/mol. The van der Waals surface area contributed by atoms with Gasteiger partial charge in [-0.3, -0.25) is 0 Å². The van der Waals surface area contributed by atoms with Gasteiger partial charge in [-0.2, -0.15) is 0 Å². The third-order valence-electron chi connectivity index (χ3n) is 4.21. The summed E-state index contributed by atoms with van der Waals surface area (Å²) in [6.07, 6.45) is 0. The predicted octanol–water partition coefficient (Wildman–Crippen LogP) is 4.56. The van der Waals surface area contributed by atoms with E-state index in [4.69, 9.17) is 14.2 Å². The molecule has 0 aliphatic carbocycles. The molecule has 0 spiro atoms. The van der Waals surface area contributed by atoms with Crippen LogP contribution in [0.1, 0.15) is 18.3 Å². The van der Waals surface area contributed by atoms with Gasteiger partial charge in [0.2, 0.25) is 0 Å². The van der Waals surface area contributed by atoms with E-state index in [1.807, 2.05) is 62.4 Å². The minimum Gasteiger partial charge on any atom is -0.493 e. The molecule has 0 saturated heterocycles. The van der Waals surface area contributed by atoms with Crippen LogP contribution in [0.3, 0.4) is 0 Å². The molecule has 0 fully saturated rings. The van der Waals surface area contributed by atoms with Crippen molar-refractivity contribution in [1.82, 2.24) is 9.97 Å². The molecule has 2 aromatic carbocycles. The van der Waals surface area contributed by atoms with Crippen molar-refractivity contribution in [1.29, 1.82) is 0 Å². The largest absolute Gasteiger partial charge is 0.493 e. The van der Waals surface area contributed by atoms with Crippen molar-refractivity contribution < 1.29 is 14.2 Å². The standard InChI is InChI=1S/C22H26N4O3/c1-5-29-18-9-7-6-8-17(18)26-22-13-21(24-15(2)25-22)23-14-16-10-11-19(27-3)20(12-16)28-4/h6-13H,5,14H2,1-4H3,(H2,23,24,25,26). The number of aromatic nitrogens is 2. The third-order valence-corrected chi connectivity index (χ3v) is 4.21. The Morgan fingerprint density at radius 2 is 1.62 bits per heavy atom. The van der Waals surface area contributed by atoms with E-state index in [1.165, 1.54) is 0 Å². The first kappa shape index (κ1) is 20.3. The summed E-state index contributed by atoms with van der Waals surface area (Å²) in [5.74, 6) is 4.27. The van der Waals surface area contributed by atoms with Gasteiger partial charge in [-0.25, -0.2) is 9.97 Å². The van der Waals surface area contributed by atoms with E-state index in [2.05, 4.69) is 20.6 Å². The Balaban J connectivity index is 1.74. The van der Waals surface area contributed by atoms with E-state index in [0.717, 1.165) is 22.8 Å². The fourth-order valence-corrected chi connectivity index (χ4v) is 2.89. The number of anilines is 3. The number of nitrogens with one attached hydrogen (secondary N) is 2. The fraction of sp³-hybridized carbons (Fsp3) is 0.273. The molecule has 0 radical (unpaired) electrons. The predicted molar refractivity (Wildman–Crippen MR) is 115 cm³/mol. The zero-order valence-corrected chi connectivity index (χ0v) is 17.2. The minimum atomic E-state index is 0.589. The number of ether oxygens (including phenoxy) is 3. The SMILES string of the molecule is CCOc1ccccc1Nc1cc(NCc2ccc(OC)c(OC)c2)nc(C)n1. The monoisotopic (exact) mass is 394 g/mol. The second kappa shape index (κ2) is 9.64.